The highest BCUT2D eigenvalue weighted by Gasteiger charge is 2.04. The lowest BCUT2D eigenvalue weighted by Gasteiger charge is -2.09. The van der Waals surface area contributed by atoms with Crippen LogP contribution in [0.4, 0.5) is 0 Å². The number of rotatable bonds is 3. The minimum absolute atomic E-state index is 0.978. The Hall–Kier alpha value is -2.34. The van der Waals surface area contributed by atoms with Crippen LogP contribution in [0.3, 0.4) is 0 Å². The van der Waals surface area contributed by atoms with Gasteiger partial charge in [0.2, 0.25) is 0 Å². The molecule has 3 rings (SSSR count). The molecule has 19 heavy (non-hydrogen) atoms. The van der Waals surface area contributed by atoms with Crippen LogP contribution >= 0.6 is 0 Å². The molecule has 3 aromatic carbocycles. The first-order valence-electron chi connectivity index (χ1n) is 6.61. The fraction of sp³-hybridized carbons (Fsp3) is 0.0526. The third kappa shape index (κ3) is 2.74. The van der Waals surface area contributed by atoms with E-state index in [9.17, 15) is 0 Å². The van der Waals surface area contributed by atoms with E-state index < -0.39 is 0 Å². The second-order valence-electron chi connectivity index (χ2n) is 4.69. The van der Waals surface area contributed by atoms with Crippen LogP contribution < -0.4 is 0 Å². The zero-order valence-corrected chi connectivity index (χ0v) is 10.8. The average Bonchev–Trinajstić information content (AvgIpc) is 2.50. The summed E-state index contributed by atoms with van der Waals surface area (Å²) in [6.45, 7) is 0. The molecule has 92 valence electrons. The molecular weight excluding hydrogens is 228 g/mol. The molecule has 0 bridgehead atoms. The van der Waals surface area contributed by atoms with Crippen LogP contribution in [0.15, 0.2) is 84.9 Å². The molecule has 0 saturated heterocycles. The molecule has 0 saturated carbocycles. The predicted octanol–water partition coefficient (Wildman–Crippen LogP) is 4.94. The Morgan fingerprint density at radius 1 is 0.526 bits per heavy atom. The molecule has 0 nitrogen and oxygen atoms in total. The summed E-state index contributed by atoms with van der Waals surface area (Å²) in [5, 5.41) is 0. The zero-order chi connectivity index (χ0) is 12.9. The molecule has 0 amide bonds. The van der Waals surface area contributed by atoms with Gasteiger partial charge >= 0.3 is 0 Å². The highest BCUT2D eigenvalue weighted by Crippen LogP contribution is 2.25. The maximum atomic E-state index is 2.22. The van der Waals surface area contributed by atoms with Gasteiger partial charge in [0.15, 0.2) is 0 Å². The van der Waals surface area contributed by atoms with E-state index in [0.717, 1.165) is 6.42 Å². The monoisotopic (exact) mass is 244 g/mol. The Morgan fingerprint density at radius 2 is 1.11 bits per heavy atom. The van der Waals surface area contributed by atoms with E-state index in [1.54, 1.807) is 0 Å². The van der Waals surface area contributed by atoms with Gasteiger partial charge in [0.05, 0.1) is 0 Å². The van der Waals surface area contributed by atoms with Gasteiger partial charge in [-0.15, -0.1) is 0 Å². The lowest BCUT2D eigenvalue weighted by atomic mass is 9.95. The average molecular weight is 244 g/mol. The van der Waals surface area contributed by atoms with Gasteiger partial charge in [-0.2, -0.15) is 0 Å². The molecule has 0 aliphatic heterocycles. The Morgan fingerprint density at radius 3 is 1.84 bits per heavy atom. The van der Waals surface area contributed by atoms with E-state index in [2.05, 4.69) is 84.9 Å². The van der Waals surface area contributed by atoms with Gasteiger partial charge in [0, 0.05) is 0 Å². The lowest BCUT2D eigenvalue weighted by Crippen LogP contribution is -1.91. The fourth-order valence-corrected chi connectivity index (χ4v) is 2.39. The highest BCUT2D eigenvalue weighted by molar-refractivity contribution is 5.67. The van der Waals surface area contributed by atoms with Crippen molar-refractivity contribution in [3.8, 4) is 11.1 Å². The van der Waals surface area contributed by atoms with E-state index in [4.69, 9.17) is 0 Å². The number of hydrogen-bond acceptors (Lipinski definition) is 0. The Balaban J connectivity index is 1.99. The summed E-state index contributed by atoms with van der Waals surface area (Å²) in [4.78, 5) is 0. The Kier molecular flexibility index (Phi) is 3.42. The van der Waals surface area contributed by atoms with Crippen LogP contribution in [0.5, 0.6) is 0 Å². The Bertz CT molecular complexity index is 639. The van der Waals surface area contributed by atoms with Gasteiger partial charge in [0.25, 0.3) is 0 Å². The molecule has 0 N–H and O–H groups in total. The van der Waals surface area contributed by atoms with Crippen molar-refractivity contribution in [3.05, 3.63) is 96.1 Å². The maximum Gasteiger partial charge on any atom is -0.00196 e. The quantitative estimate of drug-likeness (QED) is 0.612. The number of benzene rings is 3. The summed E-state index contributed by atoms with van der Waals surface area (Å²) in [6, 6.07) is 29.8. The topological polar surface area (TPSA) is 0 Å². The summed E-state index contributed by atoms with van der Waals surface area (Å²) >= 11 is 0. The predicted molar refractivity (Wildman–Crippen MR) is 81.1 cm³/mol. The third-order valence-electron chi connectivity index (χ3n) is 3.34. The minimum Gasteiger partial charge on any atom is -0.0622 e. The number of hydrogen-bond donors (Lipinski definition) is 0. The lowest BCUT2D eigenvalue weighted by molar-refractivity contribution is 1.19. The van der Waals surface area contributed by atoms with Gasteiger partial charge in [-0.3, -0.25) is 0 Å². The van der Waals surface area contributed by atoms with E-state index >= 15 is 0 Å². The summed E-state index contributed by atoms with van der Waals surface area (Å²) in [5.41, 5.74) is 5.34. The first-order valence-corrected chi connectivity index (χ1v) is 6.61. The minimum atomic E-state index is 0.978. The largest absolute Gasteiger partial charge is 0.0622 e. The van der Waals surface area contributed by atoms with E-state index in [-0.39, 0.29) is 0 Å². The smallest absolute Gasteiger partial charge is 0.00196 e. The summed E-state index contributed by atoms with van der Waals surface area (Å²) in [6.07, 6.45) is 0.978. The highest BCUT2D eigenvalue weighted by atomic mass is 14.1. The summed E-state index contributed by atoms with van der Waals surface area (Å²) in [5.74, 6) is 0. The zero-order valence-electron chi connectivity index (χ0n) is 10.8. The molecule has 0 aliphatic carbocycles. The Labute approximate surface area is 114 Å². The van der Waals surface area contributed by atoms with Crippen molar-refractivity contribution >= 4 is 0 Å². The second-order valence-corrected chi connectivity index (χ2v) is 4.69. The van der Waals surface area contributed by atoms with E-state index in [1.165, 1.54) is 22.3 Å². The molecule has 0 atom stereocenters. The molecule has 0 radical (unpaired) electrons. The van der Waals surface area contributed by atoms with Gasteiger partial charge in [-0.1, -0.05) is 84.9 Å². The van der Waals surface area contributed by atoms with Crippen LogP contribution in [0, 0.1) is 0 Å². The van der Waals surface area contributed by atoms with Gasteiger partial charge in [-0.05, 0) is 28.7 Å². The summed E-state index contributed by atoms with van der Waals surface area (Å²) < 4.78 is 0. The van der Waals surface area contributed by atoms with Crippen molar-refractivity contribution in [2.45, 2.75) is 6.42 Å². The fourth-order valence-electron chi connectivity index (χ4n) is 2.39. The molecule has 0 heterocycles. The normalized spacial score (nSPS) is 10.3. The molecule has 0 heteroatoms. The maximum absolute atomic E-state index is 2.22. The summed E-state index contributed by atoms with van der Waals surface area (Å²) in [7, 11) is 0. The molecular formula is C19H16. The van der Waals surface area contributed by atoms with Gasteiger partial charge < -0.3 is 0 Å². The standard InChI is InChI=1S/C19H16/c1-3-9-16(10-4-1)15-18-13-7-8-14-19(18)17-11-5-2-6-12-17/h1-14H,15H2. The first-order chi connectivity index (χ1) is 9.43. The first kappa shape index (κ1) is 11.7. The van der Waals surface area contributed by atoms with Gasteiger partial charge in [-0.25, -0.2) is 0 Å². The van der Waals surface area contributed by atoms with Crippen molar-refractivity contribution < 1.29 is 0 Å². The van der Waals surface area contributed by atoms with Crippen LogP contribution in [0.1, 0.15) is 11.1 Å². The third-order valence-corrected chi connectivity index (χ3v) is 3.34. The molecule has 3 aromatic rings. The van der Waals surface area contributed by atoms with Crippen LogP contribution in [0.25, 0.3) is 11.1 Å². The van der Waals surface area contributed by atoms with E-state index in [0.29, 0.717) is 0 Å². The van der Waals surface area contributed by atoms with Crippen LogP contribution in [-0.2, 0) is 6.42 Å². The SMILES string of the molecule is c1ccc(Cc2ccccc2-c2ccccc2)cc1. The van der Waals surface area contributed by atoms with E-state index in [1.807, 2.05) is 0 Å². The second kappa shape index (κ2) is 5.53. The molecule has 0 unspecified atom stereocenters. The van der Waals surface area contributed by atoms with Crippen molar-refractivity contribution in [2.75, 3.05) is 0 Å². The molecule has 0 aliphatic rings. The molecule has 0 fully saturated rings. The molecule has 0 spiro atoms. The van der Waals surface area contributed by atoms with Crippen molar-refractivity contribution in [3.63, 3.8) is 0 Å². The van der Waals surface area contributed by atoms with Crippen LogP contribution in [0.2, 0.25) is 0 Å². The van der Waals surface area contributed by atoms with Crippen LogP contribution in [-0.4, -0.2) is 0 Å². The van der Waals surface area contributed by atoms with Crippen molar-refractivity contribution in [1.29, 1.82) is 0 Å². The van der Waals surface area contributed by atoms with Crippen molar-refractivity contribution in [2.24, 2.45) is 0 Å². The molecule has 0 aromatic heterocycles. The van der Waals surface area contributed by atoms with Crippen molar-refractivity contribution in [1.82, 2.24) is 0 Å². The van der Waals surface area contributed by atoms with Gasteiger partial charge in [0.1, 0.15) is 0 Å².